The largest absolute Gasteiger partial charge is 0.338 e. The quantitative estimate of drug-likeness (QED) is 0.749. The lowest BCUT2D eigenvalue weighted by Gasteiger charge is -2.32. The van der Waals surface area contributed by atoms with Crippen LogP contribution in [0, 0.1) is 5.82 Å². The van der Waals surface area contributed by atoms with Gasteiger partial charge in [0.15, 0.2) is 0 Å². The number of likely N-dealkylation sites (tertiary alicyclic amines) is 1. The smallest absolute Gasteiger partial charge is 0.253 e. The number of pyridine rings is 1. The normalized spacial score (nSPS) is 16.6. The molecular weight excluding hydrogens is 357 g/mol. The van der Waals surface area contributed by atoms with Gasteiger partial charge in [-0.05, 0) is 55.3 Å². The van der Waals surface area contributed by atoms with Gasteiger partial charge in [0.2, 0.25) is 5.95 Å². The van der Waals surface area contributed by atoms with Crippen molar-refractivity contribution >= 4 is 17.7 Å². The highest BCUT2D eigenvalue weighted by Crippen LogP contribution is 2.27. The number of nitrogens with zero attached hydrogens (tertiary/aromatic N) is 4. The molecule has 1 aliphatic rings. The summed E-state index contributed by atoms with van der Waals surface area (Å²) in [6.45, 7) is 1.27. The Labute approximate surface area is 162 Å². The standard InChI is InChI=1S/C21H20FN5O/c22-17-8-6-15(7-9-17)20(28)27-13-3-4-16(14-27)18-10-12-24-21(25-18)26-19-5-1-2-11-23-19/h1-2,5-12,16H,3-4,13-14H2,(H,23,24,25,26)/t16-/m0/s1. The molecule has 0 radical (unpaired) electrons. The first-order valence-electron chi connectivity index (χ1n) is 9.25. The Balaban J connectivity index is 1.48. The molecule has 0 spiro atoms. The fourth-order valence-corrected chi connectivity index (χ4v) is 3.39. The predicted octanol–water partition coefficient (Wildman–Crippen LogP) is 3.77. The lowest BCUT2D eigenvalue weighted by Crippen LogP contribution is -2.39. The topological polar surface area (TPSA) is 71.0 Å². The van der Waals surface area contributed by atoms with Crippen molar-refractivity contribution in [2.75, 3.05) is 18.4 Å². The van der Waals surface area contributed by atoms with Gasteiger partial charge in [-0.3, -0.25) is 4.79 Å². The maximum absolute atomic E-state index is 13.1. The molecule has 7 heteroatoms. The summed E-state index contributed by atoms with van der Waals surface area (Å²) in [6, 6.07) is 13.2. The summed E-state index contributed by atoms with van der Waals surface area (Å²) >= 11 is 0. The number of halogens is 1. The monoisotopic (exact) mass is 377 g/mol. The molecule has 0 unspecified atom stereocenters. The number of hydrogen-bond donors (Lipinski definition) is 1. The second-order valence-corrected chi connectivity index (χ2v) is 6.74. The SMILES string of the molecule is O=C(c1ccc(F)cc1)N1CCC[C@H](c2ccnc(Nc3ccccn3)n2)C1. The Morgan fingerprint density at radius 1 is 1.07 bits per heavy atom. The number of hydrogen-bond acceptors (Lipinski definition) is 5. The van der Waals surface area contributed by atoms with Crippen LogP contribution in [0.3, 0.4) is 0 Å². The van der Waals surface area contributed by atoms with Crippen LogP contribution in [0.15, 0.2) is 60.9 Å². The van der Waals surface area contributed by atoms with Gasteiger partial charge < -0.3 is 10.2 Å². The Morgan fingerprint density at radius 2 is 1.93 bits per heavy atom. The van der Waals surface area contributed by atoms with Crippen LogP contribution in [0.2, 0.25) is 0 Å². The van der Waals surface area contributed by atoms with E-state index in [4.69, 9.17) is 0 Å². The molecule has 0 saturated carbocycles. The molecular formula is C21H20FN5O. The number of anilines is 2. The number of carbonyl (C=O) groups excluding carboxylic acids is 1. The Hall–Kier alpha value is -3.35. The average Bonchev–Trinajstić information content (AvgIpc) is 2.75. The Morgan fingerprint density at radius 3 is 2.71 bits per heavy atom. The molecule has 1 amide bonds. The fraction of sp³-hybridized carbons (Fsp3) is 0.238. The first-order chi connectivity index (χ1) is 13.7. The van der Waals surface area contributed by atoms with Crippen LogP contribution >= 0.6 is 0 Å². The molecule has 3 aromatic rings. The highest BCUT2D eigenvalue weighted by atomic mass is 19.1. The van der Waals surface area contributed by atoms with E-state index in [9.17, 15) is 9.18 Å². The van der Waals surface area contributed by atoms with E-state index in [1.165, 1.54) is 24.3 Å². The summed E-state index contributed by atoms with van der Waals surface area (Å²) in [7, 11) is 0. The fourth-order valence-electron chi connectivity index (χ4n) is 3.39. The third-order valence-electron chi connectivity index (χ3n) is 4.80. The molecule has 28 heavy (non-hydrogen) atoms. The van der Waals surface area contributed by atoms with E-state index in [2.05, 4.69) is 20.3 Å². The van der Waals surface area contributed by atoms with Gasteiger partial charge >= 0.3 is 0 Å². The number of nitrogens with one attached hydrogen (secondary N) is 1. The minimum absolute atomic E-state index is 0.0782. The van der Waals surface area contributed by atoms with Crippen molar-refractivity contribution in [2.45, 2.75) is 18.8 Å². The van der Waals surface area contributed by atoms with Crippen LogP contribution in [0.25, 0.3) is 0 Å². The first-order valence-corrected chi connectivity index (χ1v) is 9.25. The zero-order chi connectivity index (χ0) is 19.3. The molecule has 4 rings (SSSR count). The highest BCUT2D eigenvalue weighted by Gasteiger charge is 2.26. The lowest BCUT2D eigenvalue weighted by molar-refractivity contribution is 0.0706. The van der Waals surface area contributed by atoms with Crippen molar-refractivity contribution in [1.29, 1.82) is 0 Å². The van der Waals surface area contributed by atoms with E-state index in [0.717, 1.165) is 18.5 Å². The molecule has 3 heterocycles. The maximum Gasteiger partial charge on any atom is 0.253 e. The molecule has 6 nitrogen and oxygen atoms in total. The van der Waals surface area contributed by atoms with E-state index < -0.39 is 0 Å². The molecule has 1 aliphatic heterocycles. The van der Waals surface area contributed by atoms with Crippen molar-refractivity contribution in [2.24, 2.45) is 0 Å². The molecule has 0 aliphatic carbocycles. The number of aromatic nitrogens is 3. The zero-order valence-corrected chi connectivity index (χ0v) is 15.3. The van der Waals surface area contributed by atoms with Gasteiger partial charge in [-0.2, -0.15) is 0 Å². The summed E-state index contributed by atoms with van der Waals surface area (Å²) in [5.74, 6) is 0.868. The number of carbonyl (C=O) groups is 1. The third kappa shape index (κ3) is 4.14. The van der Waals surface area contributed by atoms with Crippen molar-refractivity contribution in [1.82, 2.24) is 19.9 Å². The summed E-state index contributed by atoms with van der Waals surface area (Å²) in [5, 5.41) is 3.10. The summed E-state index contributed by atoms with van der Waals surface area (Å²) in [4.78, 5) is 27.7. The van der Waals surface area contributed by atoms with E-state index in [1.807, 2.05) is 29.2 Å². The lowest BCUT2D eigenvalue weighted by atomic mass is 9.94. The van der Waals surface area contributed by atoms with Crippen LogP contribution in [-0.4, -0.2) is 38.8 Å². The minimum Gasteiger partial charge on any atom is -0.338 e. The summed E-state index contributed by atoms with van der Waals surface area (Å²) in [6.07, 6.45) is 5.26. The molecule has 2 aromatic heterocycles. The summed E-state index contributed by atoms with van der Waals surface area (Å²) in [5.41, 5.74) is 1.40. The van der Waals surface area contributed by atoms with E-state index in [0.29, 0.717) is 30.4 Å². The molecule has 1 aromatic carbocycles. The third-order valence-corrected chi connectivity index (χ3v) is 4.80. The highest BCUT2D eigenvalue weighted by molar-refractivity contribution is 5.94. The van der Waals surface area contributed by atoms with Crippen LogP contribution < -0.4 is 5.32 Å². The van der Waals surface area contributed by atoms with Crippen LogP contribution in [-0.2, 0) is 0 Å². The first kappa shape index (κ1) is 18.0. The maximum atomic E-state index is 13.1. The van der Waals surface area contributed by atoms with Crippen molar-refractivity contribution in [3.63, 3.8) is 0 Å². The van der Waals surface area contributed by atoms with Gasteiger partial charge in [0.05, 0.1) is 5.69 Å². The van der Waals surface area contributed by atoms with Crippen LogP contribution in [0.1, 0.15) is 34.8 Å². The number of benzene rings is 1. The van der Waals surface area contributed by atoms with Gasteiger partial charge in [0, 0.05) is 37.0 Å². The van der Waals surface area contributed by atoms with Gasteiger partial charge in [-0.15, -0.1) is 0 Å². The molecule has 1 N–H and O–H groups in total. The van der Waals surface area contributed by atoms with Crippen LogP contribution in [0.5, 0.6) is 0 Å². The average molecular weight is 377 g/mol. The summed E-state index contributed by atoms with van der Waals surface area (Å²) < 4.78 is 13.1. The van der Waals surface area contributed by atoms with Gasteiger partial charge in [-0.1, -0.05) is 6.07 Å². The van der Waals surface area contributed by atoms with Crippen molar-refractivity contribution < 1.29 is 9.18 Å². The predicted molar refractivity (Wildman–Crippen MR) is 104 cm³/mol. The number of rotatable bonds is 4. The molecule has 1 fully saturated rings. The molecule has 1 atom stereocenters. The Kier molecular flexibility index (Phi) is 5.23. The second kappa shape index (κ2) is 8.12. The molecule has 142 valence electrons. The van der Waals surface area contributed by atoms with Crippen molar-refractivity contribution in [3.05, 3.63) is 78.0 Å². The molecule has 0 bridgehead atoms. The van der Waals surface area contributed by atoms with Crippen LogP contribution in [0.4, 0.5) is 16.2 Å². The van der Waals surface area contributed by atoms with E-state index in [-0.39, 0.29) is 17.6 Å². The zero-order valence-electron chi connectivity index (χ0n) is 15.3. The van der Waals surface area contributed by atoms with Gasteiger partial charge in [-0.25, -0.2) is 19.3 Å². The second-order valence-electron chi connectivity index (χ2n) is 6.74. The van der Waals surface area contributed by atoms with Crippen molar-refractivity contribution in [3.8, 4) is 0 Å². The van der Waals surface area contributed by atoms with E-state index in [1.54, 1.807) is 12.4 Å². The Bertz CT molecular complexity index is 949. The molecule has 1 saturated heterocycles. The minimum atomic E-state index is -0.345. The van der Waals surface area contributed by atoms with E-state index >= 15 is 0 Å². The van der Waals surface area contributed by atoms with Gasteiger partial charge in [0.25, 0.3) is 5.91 Å². The van der Waals surface area contributed by atoms with Gasteiger partial charge in [0.1, 0.15) is 11.6 Å². The number of piperidine rings is 1. The number of amides is 1.